The summed E-state index contributed by atoms with van der Waals surface area (Å²) in [6.07, 6.45) is -4.58. The van der Waals surface area contributed by atoms with Crippen molar-refractivity contribution in [2.24, 2.45) is 4.99 Å². The van der Waals surface area contributed by atoms with Gasteiger partial charge in [0.05, 0.1) is 22.6 Å². The number of alkyl halides is 3. The Bertz CT molecular complexity index is 996. The summed E-state index contributed by atoms with van der Waals surface area (Å²) in [5.74, 6) is -0.460. The number of ether oxygens (including phenoxy) is 2. The minimum atomic E-state index is -4.58. The number of rotatable bonds is 5. The number of nitro groups is 1. The molecule has 0 aliphatic heterocycles. The highest BCUT2D eigenvalue weighted by Crippen LogP contribution is 2.37. The van der Waals surface area contributed by atoms with Crippen molar-refractivity contribution in [1.29, 1.82) is 0 Å². The number of carbonyl (C=O) groups is 1. The number of halogens is 4. The van der Waals surface area contributed by atoms with Crippen LogP contribution in [0.15, 0.2) is 41.4 Å². The molecule has 0 radical (unpaired) electrons. The van der Waals surface area contributed by atoms with Gasteiger partial charge in [-0.2, -0.15) is 18.2 Å². The fraction of sp³-hybridized carbons (Fsp3) is 0.222. The number of nitrogens with one attached hydrogen (secondary N) is 1. The molecule has 12 heteroatoms. The molecule has 0 aromatic heterocycles. The summed E-state index contributed by atoms with van der Waals surface area (Å²) in [5.41, 5.74) is -1.56. The maximum Gasteiger partial charge on any atom is 0.416 e. The van der Waals surface area contributed by atoms with E-state index in [2.05, 4.69) is 10.3 Å². The molecule has 2 amide bonds. The van der Waals surface area contributed by atoms with Crippen LogP contribution in [0.3, 0.4) is 0 Å². The second kappa shape index (κ2) is 9.44. The Morgan fingerprint density at radius 2 is 1.97 bits per heavy atom. The molecule has 30 heavy (non-hydrogen) atoms. The molecule has 0 spiro atoms. The molecule has 0 saturated heterocycles. The minimum Gasteiger partial charge on any atom is -0.480 e. The largest absolute Gasteiger partial charge is 0.480 e. The van der Waals surface area contributed by atoms with Crippen LogP contribution < -0.4 is 10.1 Å². The molecule has 160 valence electrons. The number of aliphatic imine (C=N–C) groups is 1. The summed E-state index contributed by atoms with van der Waals surface area (Å²) >= 11 is 5.87. The van der Waals surface area contributed by atoms with Gasteiger partial charge in [-0.1, -0.05) is 11.6 Å². The average molecular weight is 446 g/mol. The van der Waals surface area contributed by atoms with Crippen molar-refractivity contribution in [3.05, 3.63) is 62.7 Å². The summed E-state index contributed by atoms with van der Waals surface area (Å²) in [5, 5.41) is 13.4. The van der Waals surface area contributed by atoms with Gasteiger partial charge in [-0.3, -0.25) is 10.1 Å². The molecule has 1 N–H and O–H groups in total. The van der Waals surface area contributed by atoms with Gasteiger partial charge >= 0.3 is 12.2 Å². The molecule has 2 rings (SSSR count). The van der Waals surface area contributed by atoms with Crippen molar-refractivity contribution < 1.29 is 32.4 Å². The van der Waals surface area contributed by atoms with E-state index in [9.17, 15) is 28.1 Å². The first-order valence-electron chi connectivity index (χ1n) is 8.30. The number of hydrogen-bond donors (Lipinski definition) is 1. The van der Waals surface area contributed by atoms with Crippen molar-refractivity contribution in [2.75, 3.05) is 13.7 Å². The van der Waals surface area contributed by atoms with E-state index in [1.807, 2.05) is 0 Å². The van der Waals surface area contributed by atoms with E-state index in [0.29, 0.717) is 6.07 Å². The van der Waals surface area contributed by atoms with Crippen LogP contribution in [-0.4, -0.2) is 30.5 Å². The van der Waals surface area contributed by atoms with Crippen LogP contribution in [0.25, 0.3) is 0 Å². The summed E-state index contributed by atoms with van der Waals surface area (Å²) in [6.45, 7) is 1.93. The van der Waals surface area contributed by atoms with E-state index in [4.69, 9.17) is 21.1 Å². The van der Waals surface area contributed by atoms with Crippen LogP contribution >= 0.6 is 11.6 Å². The van der Waals surface area contributed by atoms with E-state index in [-0.39, 0.29) is 34.5 Å². The molecule has 2 aromatic rings. The molecule has 0 aliphatic carbocycles. The molecule has 0 bridgehead atoms. The maximum absolute atomic E-state index is 12.8. The van der Waals surface area contributed by atoms with E-state index in [1.54, 1.807) is 6.92 Å². The van der Waals surface area contributed by atoms with Gasteiger partial charge < -0.3 is 14.8 Å². The molecule has 0 aliphatic rings. The Hall–Kier alpha value is -3.34. The number of nitrogens with zero attached hydrogens (tertiary/aromatic N) is 2. The third-order valence-corrected chi connectivity index (χ3v) is 3.90. The zero-order valence-electron chi connectivity index (χ0n) is 15.6. The highest BCUT2D eigenvalue weighted by atomic mass is 35.5. The van der Waals surface area contributed by atoms with Crippen LogP contribution in [0.4, 0.5) is 23.7 Å². The quantitative estimate of drug-likeness (QED) is 0.295. The van der Waals surface area contributed by atoms with Crippen molar-refractivity contribution >= 4 is 29.2 Å². The van der Waals surface area contributed by atoms with E-state index in [1.165, 1.54) is 13.2 Å². The number of benzene rings is 2. The normalized spacial score (nSPS) is 11.7. The van der Waals surface area contributed by atoms with Crippen LogP contribution in [-0.2, 0) is 10.9 Å². The van der Waals surface area contributed by atoms with Gasteiger partial charge in [-0.15, -0.1) is 0 Å². The minimum absolute atomic E-state index is 0.00194. The molecule has 8 nitrogen and oxygen atoms in total. The highest BCUT2D eigenvalue weighted by molar-refractivity contribution is 6.32. The van der Waals surface area contributed by atoms with Gasteiger partial charge in [0.15, 0.2) is 0 Å². The molecule has 0 saturated carbocycles. The summed E-state index contributed by atoms with van der Waals surface area (Å²) in [4.78, 5) is 26.0. The fourth-order valence-electron chi connectivity index (χ4n) is 2.29. The summed E-state index contributed by atoms with van der Waals surface area (Å²) in [6, 6.07) is 5.18. The van der Waals surface area contributed by atoms with E-state index >= 15 is 0 Å². The van der Waals surface area contributed by atoms with E-state index in [0.717, 1.165) is 24.3 Å². The summed E-state index contributed by atoms with van der Waals surface area (Å²) in [7, 11) is 1.17. The second-order valence-corrected chi connectivity index (χ2v) is 6.04. The predicted molar refractivity (Wildman–Crippen MR) is 102 cm³/mol. The smallest absolute Gasteiger partial charge is 0.416 e. The molecular weight excluding hydrogens is 431 g/mol. The fourth-order valence-corrected chi connectivity index (χ4v) is 2.51. The highest BCUT2D eigenvalue weighted by Gasteiger charge is 2.31. The lowest BCUT2D eigenvalue weighted by Crippen LogP contribution is -2.21. The van der Waals surface area contributed by atoms with Crippen LogP contribution in [0.5, 0.6) is 11.5 Å². The topological polar surface area (TPSA) is 103 Å². The Morgan fingerprint density at radius 1 is 1.27 bits per heavy atom. The lowest BCUT2D eigenvalue weighted by Gasteiger charge is -2.12. The van der Waals surface area contributed by atoms with Gasteiger partial charge in [-0.05, 0) is 31.2 Å². The second-order valence-electron chi connectivity index (χ2n) is 5.64. The SMILES string of the molecule is CCNC(=O)N=C(OC)c1cc(Oc2ccc(C(F)(F)F)cc2Cl)ccc1[N+](=O)[O-]. The monoisotopic (exact) mass is 445 g/mol. The zero-order valence-corrected chi connectivity index (χ0v) is 16.4. The molecule has 2 aromatic carbocycles. The first kappa shape index (κ1) is 22.9. The predicted octanol–water partition coefficient (Wildman–Crippen LogP) is 5.18. The number of methoxy groups -OCH3 is 1. The van der Waals surface area contributed by atoms with Crippen LogP contribution in [0, 0.1) is 10.1 Å². The Labute approximate surface area is 173 Å². The molecule has 0 atom stereocenters. The van der Waals surface area contributed by atoms with Gasteiger partial charge in [-0.25, -0.2) is 4.79 Å². The van der Waals surface area contributed by atoms with Crippen LogP contribution in [0.1, 0.15) is 18.1 Å². The van der Waals surface area contributed by atoms with Gasteiger partial charge in [0.1, 0.15) is 17.1 Å². The Morgan fingerprint density at radius 3 is 2.50 bits per heavy atom. The number of nitro benzene ring substituents is 1. The molecule has 0 heterocycles. The summed E-state index contributed by atoms with van der Waals surface area (Å²) < 4.78 is 48.8. The van der Waals surface area contributed by atoms with Crippen molar-refractivity contribution in [3.8, 4) is 11.5 Å². The van der Waals surface area contributed by atoms with Crippen LogP contribution in [0.2, 0.25) is 5.02 Å². The lowest BCUT2D eigenvalue weighted by molar-refractivity contribution is -0.385. The Kier molecular flexibility index (Phi) is 7.22. The number of amides is 2. The van der Waals surface area contributed by atoms with Gasteiger partial charge in [0, 0.05) is 18.7 Å². The first-order valence-corrected chi connectivity index (χ1v) is 8.68. The third-order valence-electron chi connectivity index (χ3n) is 3.61. The van der Waals surface area contributed by atoms with E-state index < -0.39 is 28.4 Å². The number of hydrogen-bond acceptors (Lipinski definition) is 5. The Balaban J connectivity index is 2.45. The molecule has 0 fully saturated rings. The number of carbonyl (C=O) groups excluding carboxylic acids is 1. The van der Waals surface area contributed by atoms with Crippen molar-refractivity contribution in [2.45, 2.75) is 13.1 Å². The average Bonchev–Trinajstić information content (AvgIpc) is 2.66. The number of urea groups is 1. The third kappa shape index (κ3) is 5.60. The molecule has 0 unspecified atom stereocenters. The van der Waals surface area contributed by atoms with Crippen molar-refractivity contribution in [1.82, 2.24) is 5.32 Å². The van der Waals surface area contributed by atoms with Gasteiger partial charge in [0.25, 0.3) is 5.69 Å². The van der Waals surface area contributed by atoms with Crippen molar-refractivity contribution in [3.63, 3.8) is 0 Å². The standard InChI is InChI=1S/C18H15ClF3N3O5/c1-3-23-17(26)24-16(29-2)12-9-11(5-6-14(12)25(27)28)30-15-7-4-10(8-13(15)19)18(20,21)22/h4-9H,3H2,1-2H3,(H,23,26). The molecular formula is C18H15ClF3N3O5. The first-order chi connectivity index (χ1) is 14.1. The van der Waals surface area contributed by atoms with Gasteiger partial charge in [0.2, 0.25) is 5.90 Å². The lowest BCUT2D eigenvalue weighted by atomic mass is 10.1. The zero-order chi connectivity index (χ0) is 22.5. The maximum atomic E-state index is 12.8.